The van der Waals surface area contributed by atoms with Gasteiger partial charge in [0.2, 0.25) is 0 Å². The number of aromatic nitrogens is 1. The van der Waals surface area contributed by atoms with Crippen LogP contribution in [0, 0.1) is 26.6 Å². The predicted octanol–water partition coefficient (Wildman–Crippen LogP) is 3.29. The normalized spacial score (nSPS) is 12.8. The van der Waals surface area contributed by atoms with Gasteiger partial charge in [-0.3, -0.25) is 0 Å². The van der Waals surface area contributed by atoms with E-state index < -0.39 is 6.10 Å². The van der Waals surface area contributed by atoms with Gasteiger partial charge in [0, 0.05) is 5.56 Å². The molecule has 0 aliphatic carbocycles. The first-order valence-corrected chi connectivity index (χ1v) is 6.18. The van der Waals surface area contributed by atoms with E-state index in [9.17, 15) is 9.50 Å². The van der Waals surface area contributed by atoms with Gasteiger partial charge in [-0.15, -0.1) is 11.3 Å². The first-order chi connectivity index (χ1) is 7.99. The molecule has 17 heavy (non-hydrogen) atoms. The van der Waals surface area contributed by atoms with Gasteiger partial charge in [0.1, 0.15) is 11.9 Å². The zero-order valence-electron chi connectivity index (χ0n) is 9.99. The molecule has 0 radical (unpaired) electrons. The lowest BCUT2D eigenvalue weighted by Crippen LogP contribution is -2.02. The molecule has 1 atom stereocenters. The molecule has 0 amide bonds. The molecule has 0 saturated heterocycles. The van der Waals surface area contributed by atoms with Crippen molar-refractivity contribution >= 4 is 11.3 Å². The van der Waals surface area contributed by atoms with Gasteiger partial charge in [-0.05, 0) is 26.8 Å². The fourth-order valence-corrected chi connectivity index (χ4v) is 2.75. The molecule has 1 aromatic heterocycles. The smallest absolute Gasteiger partial charge is 0.129 e. The summed E-state index contributed by atoms with van der Waals surface area (Å²) in [4.78, 5) is 4.96. The van der Waals surface area contributed by atoms with Gasteiger partial charge < -0.3 is 5.11 Å². The Morgan fingerprint density at radius 2 is 2.00 bits per heavy atom. The van der Waals surface area contributed by atoms with Crippen LogP contribution < -0.4 is 0 Å². The van der Waals surface area contributed by atoms with E-state index >= 15 is 0 Å². The van der Waals surface area contributed by atoms with E-state index in [1.807, 2.05) is 20.8 Å². The lowest BCUT2D eigenvalue weighted by atomic mass is 10.0. The van der Waals surface area contributed by atoms with E-state index in [0.717, 1.165) is 16.3 Å². The average molecular weight is 251 g/mol. The summed E-state index contributed by atoms with van der Waals surface area (Å²) in [5.74, 6) is -0.381. The Balaban J connectivity index is 2.46. The third kappa shape index (κ3) is 2.37. The maximum Gasteiger partial charge on any atom is 0.129 e. The quantitative estimate of drug-likeness (QED) is 0.888. The van der Waals surface area contributed by atoms with Crippen LogP contribution in [-0.2, 0) is 0 Å². The highest BCUT2D eigenvalue weighted by Gasteiger charge is 2.19. The average Bonchev–Trinajstić information content (AvgIpc) is 2.60. The van der Waals surface area contributed by atoms with Crippen LogP contribution >= 0.6 is 11.3 Å². The van der Waals surface area contributed by atoms with Gasteiger partial charge in [-0.25, -0.2) is 9.37 Å². The minimum absolute atomic E-state index is 0.316. The summed E-state index contributed by atoms with van der Waals surface area (Å²) in [5, 5.41) is 11.1. The highest BCUT2D eigenvalue weighted by atomic mass is 32.1. The molecule has 0 fully saturated rings. The number of hydrogen-bond acceptors (Lipinski definition) is 3. The van der Waals surface area contributed by atoms with Gasteiger partial charge >= 0.3 is 0 Å². The molecule has 0 spiro atoms. The summed E-state index contributed by atoms with van der Waals surface area (Å²) in [5.41, 5.74) is 2.01. The number of aliphatic hydroxyl groups excluding tert-OH is 1. The van der Waals surface area contributed by atoms with Crippen molar-refractivity contribution in [2.45, 2.75) is 26.9 Å². The fourth-order valence-electron chi connectivity index (χ4n) is 1.81. The Morgan fingerprint density at radius 1 is 1.29 bits per heavy atom. The minimum Gasteiger partial charge on any atom is -0.383 e. The molecular weight excluding hydrogens is 237 g/mol. The van der Waals surface area contributed by atoms with Crippen molar-refractivity contribution < 1.29 is 9.50 Å². The zero-order chi connectivity index (χ0) is 12.6. The molecule has 0 bridgehead atoms. The lowest BCUT2D eigenvalue weighted by molar-refractivity contribution is 0.217. The van der Waals surface area contributed by atoms with Crippen molar-refractivity contribution in [1.82, 2.24) is 4.98 Å². The van der Waals surface area contributed by atoms with Gasteiger partial charge in [0.25, 0.3) is 0 Å². The van der Waals surface area contributed by atoms with E-state index in [2.05, 4.69) is 4.98 Å². The van der Waals surface area contributed by atoms with E-state index in [4.69, 9.17) is 0 Å². The Bertz CT molecular complexity index is 550. The molecule has 4 heteroatoms. The number of aliphatic hydroxyl groups is 1. The minimum atomic E-state index is -0.930. The molecular formula is C13H14FNOS. The number of aryl methyl sites for hydroxylation is 3. The van der Waals surface area contributed by atoms with Crippen LogP contribution in [0.3, 0.4) is 0 Å². The molecule has 1 N–H and O–H groups in total. The zero-order valence-corrected chi connectivity index (χ0v) is 10.8. The second-order valence-corrected chi connectivity index (χ2v) is 5.34. The van der Waals surface area contributed by atoms with Crippen LogP contribution in [0.4, 0.5) is 4.39 Å². The molecule has 90 valence electrons. The van der Waals surface area contributed by atoms with Crippen molar-refractivity contribution in [2.75, 3.05) is 0 Å². The molecule has 1 aromatic carbocycles. The van der Waals surface area contributed by atoms with Crippen LogP contribution in [0.2, 0.25) is 0 Å². The first-order valence-electron chi connectivity index (χ1n) is 5.37. The van der Waals surface area contributed by atoms with E-state index in [0.29, 0.717) is 10.4 Å². The summed E-state index contributed by atoms with van der Waals surface area (Å²) in [6.45, 7) is 5.58. The number of halogens is 1. The second kappa shape index (κ2) is 4.55. The van der Waals surface area contributed by atoms with Crippen molar-refractivity contribution in [2.24, 2.45) is 0 Å². The SMILES string of the molecule is Cc1ccc(F)c(C(O)c2sc(C)nc2C)c1. The molecule has 1 unspecified atom stereocenters. The molecule has 1 heterocycles. The Hall–Kier alpha value is -1.26. The second-order valence-electron chi connectivity index (χ2n) is 4.11. The summed E-state index contributed by atoms with van der Waals surface area (Å²) < 4.78 is 13.7. The summed E-state index contributed by atoms with van der Waals surface area (Å²) in [7, 11) is 0. The van der Waals surface area contributed by atoms with Crippen LogP contribution in [0.5, 0.6) is 0 Å². The van der Waals surface area contributed by atoms with E-state index in [1.54, 1.807) is 12.1 Å². The Labute approximate surface area is 104 Å². The molecule has 0 aliphatic heterocycles. The van der Waals surface area contributed by atoms with Gasteiger partial charge in [0.05, 0.1) is 15.6 Å². The number of rotatable bonds is 2. The maximum absolute atomic E-state index is 13.7. The van der Waals surface area contributed by atoms with Crippen molar-refractivity contribution in [1.29, 1.82) is 0 Å². The van der Waals surface area contributed by atoms with E-state index in [1.165, 1.54) is 17.4 Å². The molecule has 2 rings (SSSR count). The van der Waals surface area contributed by atoms with Crippen LogP contribution in [-0.4, -0.2) is 10.1 Å². The van der Waals surface area contributed by atoms with Gasteiger partial charge in [0.15, 0.2) is 0 Å². The summed E-state index contributed by atoms with van der Waals surface area (Å²) in [6.07, 6.45) is -0.930. The molecule has 0 saturated carbocycles. The third-order valence-electron chi connectivity index (χ3n) is 2.63. The standard InChI is InChI=1S/C13H14FNOS/c1-7-4-5-11(14)10(6-7)12(16)13-8(2)15-9(3)17-13/h4-6,12,16H,1-3H3. The van der Waals surface area contributed by atoms with Gasteiger partial charge in [-0.2, -0.15) is 0 Å². The van der Waals surface area contributed by atoms with Crippen LogP contribution in [0.1, 0.15) is 32.8 Å². The fraction of sp³-hybridized carbons (Fsp3) is 0.308. The number of benzene rings is 1. The van der Waals surface area contributed by atoms with Crippen molar-refractivity contribution in [3.8, 4) is 0 Å². The topological polar surface area (TPSA) is 33.1 Å². The Kier molecular flexibility index (Phi) is 3.26. The molecule has 2 aromatic rings. The third-order valence-corrected chi connectivity index (χ3v) is 3.76. The summed E-state index contributed by atoms with van der Waals surface area (Å²) in [6, 6.07) is 4.75. The number of hydrogen-bond donors (Lipinski definition) is 1. The first kappa shape index (κ1) is 12.2. The Morgan fingerprint density at radius 3 is 2.59 bits per heavy atom. The monoisotopic (exact) mass is 251 g/mol. The van der Waals surface area contributed by atoms with Crippen molar-refractivity contribution in [3.63, 3.8) is 0 Å². The highest BCUT2D eigenvalue weighted by molar-refractivity contribution is 7.11. The maximum atomic E-state index is 13.7. The van der Waals surface area contributed by atoms with E-state index in [-0.39, 0.29) is 5.82 Å². The largest absolute Gasteiger partial charge is 0.383 e. The van der Waals surface area contributed by atoms with Gasteiger partial charge in [-0.1, -0.05) is 17.7 Å². The van der Waals surface area contributed by atoms with Crippen molar-refractivity contribution in [3.05, 3.63) is 50.7 Å². The summed E-state index contributed by atoms with van der Waals surface area (Å²) >= 11 is 1.40. The molecule has 2 nitrogen and oxygen atoms in total. The highest BCUT2D eigenvalue weighted by Crippen LogP contribution is 2.31. The van der Waals surface area contributed by atoms with Crippen LogP contribution in [0.15, 0.2) is 18.2 Å². The van der Waals surface area contributed by atoms with Crippen LogP contribution in [0.25, 0.3) is 0 Å². The molecule has 0 aliphatic rings. The number of thiazole rings is 1. The lowest BCUT2D eigenvalue weighted by Gasteiger charge is -2.11. The number of nitrogens with zero attached hydrogens (tertiary/aromatic N) is 1. The predicted molar refractivity (Wildman–Crippen MR) is 66.8 cm³/mol.